The number of halogens is 1. The monoisotopic (exact) mass is 291 g/mol. The number of aromatic nitrogens is 2. The fourth-order valence-corrected chi connectivity index (χ4v) is 3.10. The van der Waals surface area contributed by atoms with Gasteiger partial charge >= 0.3 is 0 Å². The SMILES string of the molecule is CCC1CCC(c2noc(-c3cc(N)ccc3Cl)n2)C1. The molecule has 1 aromatic carbocycles. The Balaban J connectivity index is 1.85. The molecule has 2 N–H and O–H groups in total. The van der Waals surface area contributed by atoms with Crippen molar-refractivity contribution < 1.29 is 4.52 Å². The number of rotatable bonds is 3. The molecule has 0 aliphatic heterocycles. The summed E-state index contributed by atoms with van der Waals surface area (Å²) in [4.78, 5) is 4.52. The molecule has 3 rings (SSSR count). The molecule has 0 amide bonds. The summed E-state index contributed by atoms with van der Waals surface area (Å²) in [5, 5.41) is 4.70. The van der Waals surface area contributed by atoms with Crippen molar-refractivity contribution in [1.29, 1.82) is 0 Å². The second-order valence-corrected chi connectivity index (χ2v) is 5.89. The second kappa shape index (κ2) is 5.44. The highest BCUT2D eigenvalue weighted by Gasteiger charge is 2.28. The molecular formula is C15H18ClN3O. The van der Waals surface area contributed by atoms with Crippen LogP contribution in [0.15, 0.2) is 22.7 Å². The summed E-state index contributed by atoms with van der Waals surface area (Å²) in [6, 6.07) is 5.27. The minimum Gasteiger partial charge on any atom is -0.399 e. The fourth-order valence-electron chi connectivity index (χ4n) is 2.90. The van der Waals surface area contributed by atoms with E-state index in [1.807, 2.05) is 0 Å². The van der Waals surface area contributed by atoms with Crippen molar-refractivity contribution in [3.05, 3.63) is 29.0 Å². The first-order valence-corrected chi connectivity index (χ1v) is 7.44. The van der Waals surface area contributed by atoms with Crippen LogP contribution in [0.4, 0.5) is 5.69 Å². The van der Waals surface area contributed by atoms with E-state index in [1.54, 1.807) is 18.2 Å². The van der Waals surface area contributed by atoms with Gasteiger partial charge in [0.25, 0.3) is 5.89 Å². The lowest BCUT2D eigenvalue weighted by molar-refractivity contribution is 0.413. The van der Waals surface area contributed by atoms with Crippen LogP contribution in [0, 0.1) is 5.92 Å². The van der Waals surface area contributed by atoms with E-state index >= 15 is 0 Å². The smallest absolute Gasteiger partial charge is 0.259 e. The van der Waals surface area contributed by atoms with Gasteiger partial charge in [0.1, 0.15) is 0 Å². The molecule has 0 saturated heterocycles. The van der Waals surface area contributed by atoms with E-state index in [9.17, 15) is 0 Å². The quantitative estimate of drug-likeness (QED) is 0.858. The average Bonchev–Trinajstić information content (AvgIpc) is 3.09. The van der Waals surface area contributed by atoms with Gasteiger partial charge in [-0.25, -0.2) is 0 Å². The Bertz CT molecular complexity index is 611. The van der Waals surface area contributed by atoms with Gasteiger partial charge in [-0.2, -0.15) is 4.98 Å². The van der Waals surface area contributed by atoms with Gasteiger partial charge in [-0.3, -0.25) is 0 Å². The van der Waals surface area contributed by atoms with Crippen molar-refractivity contribution >= 4 is 17.3 Å². The highest BCUT2D eigenvalue weighted by Crippen LogP contribution is 2.39. The molecule has 1 aromatic heterocycles. The van der Waals surface area contributed by atoms with Gasteiger partial charge in [-0.05, 0) is 43.4 Å². The maximum Gasteiger partial charge on any atom is 0.259 e. The van der Waals surface area contributed by atoms with Crippen LogP contribution < -0.4 is 5.73 Å². The third kappa shape index (κ3) is 2.52. The lowest BCUT2D eigenvalue weighted by atomic mass is 10.0. The molecule has 0 bridgehead atoms. The zero-order valence-corrected chi connectivity index (χ0v) is 12.2. The van der Waals surface area contributed by atoms with Crippen LogP contribution in [-0.4, -0.2) is 10.1 Å². The lowest BCUT2D eigenvalue weighted by Gasteiger charge is -2.04. The molecule has 1 aliphatic carbocycles. The molecule has 5 heteroatoms. The molecule has 1 fully saturated rings. The van der Waals surface area contributed by atoms with E-state index in [0.717, 1.165) is 24.6 Å². The number of nitrogens with two attached hydrogens (primary N) is 1. The van der Waals surface area contributed by atoms with Gasteiger partial charge in [-0.1, -0.05) is 30.1 Å². The molecule has 1 heterocycles. The zero-order chi connectivity index (χ0) is 14.1. The Morgan fingerprint density at radius 2 is 2.25 bits per heavy atom. The van der Waals surface area contributed by atoms with Gasteiger partial charge < -0.3 is 10.3 Å². The molecule has 2 atom stereocenters. The highest BCUT2D eigenvalue weighted by atomic mass is 35.5. The Morgan fingerprint density at radius 3 is 3.00 bits per heavy atom. The average molecular weight is 292 g/mol. The first-order valence-electron chi connectivity index (χ1n) is 7.06. The second-order valence-electron chi connectivity index (χ2n) is 5.48. The van der Waals surface area contributed by atoms with E-state index in [-0.39, 0.29) is 0 Å². The van der Waals surface area contributed by atoms with Crippen LogP contribution in [0.2, 0.25) is 5.02 Å². The first-order chi connectivity index (χ1) is 9.67. The van der Waals surface area contributed by atoms with Crippen molar-refractivity contribution in [1.82, 2.24) is 10.1 Å². The maximum atomic E-state index is 6.16. The van der Waals surface area contributed by atoms with E-state index in [0.29, 0.717) is 28.1 Å². The number of anilines is 1. The van der Waals surface area contributed by atoms with E-state index in [4.69, 9.17) is 21.9 Å². The molecule has 1 saturated carbocycles. The highest BCUT2D eigenvalue weighted by molar-refractivity contribution is 6.33. The van der Waals surface area contributed by atoms with Crippen LogP contribution in [0.25, 0.3) is 11.5 Å². The predicted molar refractivity (Wildman–Crippen MR) is 79.5 cm³/mol. The number of nitrogen functional groups attached to an aromatic ring is 1. The van der Waals surface area contributed by atoms with Crippen LogP contribution in [0.3, 0.4) is 0 Å². The van der Waals surface area contributed by atoms with Crippen molar-refractivity contribution in [2.75, 3.05) is 5.73 Å². The molecule has 4 nitrogen and oxygen atoms in total. The Hall–Kier alpha value is -1.55. The molecule has 2 unspecified atom stereocenters. The summed E-state index contributed by atoms with van der Waals surface area (Å²) in [5.74, 6) is 2.46. The summed E-state index contributed by atoms with van der Waals surface area (Å²) in [6.45, 7) is 2.24. The van der Waals surface area contributed by atoms with Crippen molar-refractivity contribution in [2.45, 2.75) is 38.5 Å². The third-order valence-corrected chi connectivity index (χ3v) is 4.48. The summed E-state index contributed by atoms with van der Waals surface area (Å²) in [6.07, 6.45) is 4.77. The summed E-state index contributed by atoms with van der Waals surface area (Å²) < 4.78 is 5.37. The summed E-state index contributed by atoms with van der Waals surface area (Å²) in [7, 11) is 0. The molecular weight excluding hydrogens is 274 g/mol. The van der Waals surface area contributed by atoms with Crippen LogP contribution in [0.5, 0.6) is 0 Å². The first kappa shape index (κ1) is 13.4. The summed E-state index contributed by atoms with van der Waals surface area (Å²) >= 11 is 6.16. The minimum absolute atomic E-state index is 0.414. The largest absolute Gasteiger partial charge is 0.399 e. The Kier molecular flexibility index (Phi) is 3.66. The number of nitrogens with zero attached hydrogens (tertiary/aromatic N) is 2. The lowest BCUT2D eigenvalue weighted by Crippen LogP contribution is -1.97. The Morgan fingerprint density at radius 1 is 1.40 bits per heavy atom. The number of benzene rings is 1. The van der Waals surface area contributed by atoms with Crippen LogP contribution >= 0.6 is 11.6 Å². The number of hydrogen-bond donors (Lipinski definition) is 1. The van der Waals surface area contributed by atoms with Crippen LogP contribution in [0.1, 0.15) is 44.3 Å². The summed E-state index contributed by atoms with van der Waals surface area (Å²) in [5.41, 5.74) is 7.12. The maximum absolute atomic E-state index is 6.16. The predicted octanol–water partition coefficient (Wildman–Crippen LogP) is 4.27. The molecule has 0 radical (unpaired) electrons. The third-order valence-electron chi connectivity index (χ3n) is 4.15. The van der Waals surface area contributed by atoms with Gasteiger partial charge in [0, 0.05) is 11.6 Å². The van der Waals surface area contributed by atoms with Gasteiger partial charge in [0.15, 0.2) is 5.82 Å². The van der Waals surface area contributed by atoms with Crippen molar-refractivity contribution in [3.63, 3.8) is 0 Å². The molecule has 2 aromatic rings. The molecule has 20 heavy (non-hydrogen) atoms. The zero-order valence-electron chi connectivity index (χ0n) is 11.5. The minimum atomic E-state index is 0.414. The Labute approximate surface area is 123 Å². The fraction of sp³-hybridized carbons (Fsp3) is 0.467. The van der Waals surface area contributed by atoms with Crippen molar-refractivity contribution in [2.24, 2.45) is 5.92 Å². The van der Waals surface area contributed by atoms with Crippen molar-refractivity contribution in [3.8, 4) is 11.5 Å². The van der Waals surface area contributed by atoms with E-state index < -0.39 is 0 Å². The number of hydrogen-bond acceptors (Lipinski definition) is 4. The standard InChI is InChI=1S/C15H18ClN3O/c1-2-9-3-4-10(7-9)14-18-15(20-19-14)12-8-11(17)5-6-13(12)16/h5-6,8-10H,2-4,7,17H2,1H3. The topological polar surface area (TPSA) is 64.9 Å². The van der Waals surface area contributed by atoms with Gasteiger partial charge in [0.05, 0.1) is 10.6 Å². The van der Waals surface area contributed by atoms with E-state index in [1.165, 1.54) is 12.8 Å². The normalized spacial score (nSPS) is 22.3. The van der Waals surface area contributed by atoms with Crippen LogP contribution in [-0.2, 0) is 0 Å². The molecule has 0 spiro atoms. The van der Waals surface area contributed by atoms with Gasteiger partial charge in [-0.15, -0.1) is 0 Å². The van der Waals surface area contributed by atoms with Gasteiger partial charge in [0.2, 0.25) is 0 Å². The molecule has 1 aliphatic rings. The van der Waals surface area contributed by atoms with E-state index in [2.05, 4.69) is 17.1 Å². The molecule has 106 valence electrons.